The molecule has 0 saturated carbocycles. The predicted octanol–water partition coefficient (Wildman–Crippen LogP) is 2.45. The van der Waals surface area contributed by atoms with Crippen LogP contribution in [0.3, 0.4) is 0 Å². The monoisotopic (exact) mass is 351 g/mol. The van der Waals surface area contributed by atoms with E-state index >= 15 is 0 Å². The van der Waals surface area contributed by atoms with Crippen molar-refractivity contribution >= 4 is 16.8 Å². The van der Waals surface area contributed by atoms with Gasteiger partial charge in [-0.05, 0) is 26.0 Å². The Bertz CT molecular complexity index is 930. The number of carbonyl (C=O) groups is 1. The van der Waals surface area contributed by atoms with Crippen LogP contribution in [0.15, 0.2) is 41.1 Å². The van der Waals surface area contributed by atoms with Gasteiger partial charge >= 0.3 is 0 Å². The van der Waals surface area contributed by atoms with Gasteiger partial charge in [-0.1, -0.05) is 23.4 Å². The smallest absolute Gasteiger partial charge is 0.255 e. The third-order valence-electron chi connectivity index (χ3n) is 4.89. The summed E-state index contributed by atoms with van der Waals surface area (Å²) in [5, 5.41) is 4.84. The average molecular weight is 351 g/mol. The molecule has 26 heavy (non-hydrogen) atoms. The molecule has 1 amide bonds. The van der Waals surface area contributed by atoms with Crippen LogP contribution in [0.25, 0.3) is 10.9 Å². The highest BCUT2D eigenvalue weighted by molar-refractivity contribution is 5.97. The number of piperazine rings is 1. The second-order valence-electron chi connectivity index (χ2n) is 6.60. The molecule has 3 heterocycles. The molecule has 134 valence electrons. The zero-order chi connectivity index (χ0) is 18.1. The fourth-order valence-corrected chi connectivity index (χ4v) is 3.32. The Hall–Kier alpha value is -2.80. The van der Waals surface area contributed by atoms with Gasteiger partial charge in [0.25, 0.3) is 5.91 Å². The average Bonchev–Trinajstić information content (AvgIpc) is 3.13. The number of hydrogen-bond acceptors (Lipinski definition) is 6. The minimum absolute atomic E-state index is 0.0317. The van der Waals surface area contributed by atoms with Gasteiger partial charge in [0.05, 0.1) is 17.1 Å². The Labute approximate surface area is 151 Å². The lowest BCUT2D eigenvalue weighted by atomic mass is 10.1. The molecule has 7 heteroatoms. The molecule has 0 radical (unpaired) electrons. The van der Waals surface area contributed by atoms with Crippen molar-refractivity contribution in [3.63, 3.8) is 0 Å². The Balaban J connectivity index is 1.42. The van der Waals surface area contributed by atoms with Crippen LogP contribution in [0.2, 0.25) is 0 Å². The second-order valence-corrected chi connectivity index (χ2v) is 6.60. The van der Waals surface area contributed by atoms with Crippen molar-refractivity contribution in [3.05, 3.63) is 53.8 Å². The van der Waals surface area contributed by atoms with E-state index in [9.17, 15) is 4.79 Å². The van der Waals surface area contributed by atoms with Crippen LogP contribution in [-0.2, 0) is 0 Å². The Morgan fingerprint density at radius 2 is 1.96 bits per heavy atom. The summed E-state index contributed by atoms with van der Waals surface area (Å²) in [7, 11) is 0. The molecule has 1 unspecified atom stereocenters. The molecule has 3 aromatic rings. The molecule has 2 aromatic heterocycles. The SMILES string of the molecule is Cc1noc(C(C)N2CCN(C(=O)c3cnc4ccccc4c3)CC2)n1. The van der Waals surface area contributed by atoms with Gasteiger partial charge in [-0.15, -0.1) is 0 Å². The highest BCUT2D eigenvalue weighted by atomic mass is 16.5. The first-order chi connectivity index (χ1) is 12.6. The van der Waals surface area contributed by atoms with Crippen molar-refractivity contribution in [3.8, 4) is 0 Å². The van der Waals surface area contributed by atoms with Gasteiger partial charge in [0, 0.05) is 37.8 Å². The fourth-order valence-electron chi connectivity index (χ4n) is 3.32. The van der Waals surface area contributed by atoms with E-state index in [-0.39, 0.29) is 11.9 Å². The largest absolute Gasteiger partial charge is 0.338 e. The molecule has 1 saturated heterocycles. The van der Waals surface area contributed by atoms with E-state index in [1.165, 1.54) is 0 Å². The van der Waals surface area contributed by atoms with E-state index in [1.807, 2.05) is 42.2 Å². The minimum Gasteiger partial charge on any atom is -0.338 e. The van der Waals surface area contributed by atoms with Crippen molar-refractivity contribution < 1.29 is 9.32 Å². The summed E-state index contributed by atoms with van der Waals surface area (Å²) in [6.07, 6.45) is 1.67. The number of pyridine rings is 1. The lowest BCUT2D eigenvalue weighted by Gasteiger charge is -2.36. The van der Waals surface area contributed by atoms with Crippen LogP contribution in [-0.4, -0.2) is 57.0 Å². The third-order valence-corrected chi connectivity index (χ3v) is 4.89. The summed E-state index contributed by atoms with van der Waals surface area (Å²) in [5.74, 6) is 1.30. The number of para-hydroxylation sites is 1. The first-order valence-corrected chi connectivity index (χ1v) is 8.80. The summed E-state index contributed by atoms with van der Waals surface area (Å²) in [6.45, 7) is 6.75. The van der Waals surface area contributed by atoms with E-state index in [0.717, 1.165) is 24.0 Å². The molecule has 0 N–H and O–H groups in total. The van der Waals surface area contributed by atoms with Crippen molar-refractivity contribution in [1.82, 2.24) is 24.9 Å². The molecular formula is C19H21N5O2. The van der Waals surface area contributed by atoms with E-state index in [2.05, 4.69) is 26.9 Å². The zero-order valence-corrected chi connectivity index (χ0v) is 14.9. The molecule has 1 aliphatic rings. The van der Waals surface area contributed by atoms with Gasteiger partial charge in [0.15, 0.2) is 5.82 Å². The quantitative estimate of drug-likeness (QED) is 0.721. The van der Waals surface area contributed by atoms with Crippen molar-refractivity contribution in [2.24, 2.45) is 0 Å². The van der Waals surface area contributed by atoms with E-state index in [4.69, 9.17) is 4.52 Å². The Morgan fingerprint density at radius 3 is 2.69 bits per heavy atom. The fraction of sp³-hybridized carbons (Fsp3) is 0.368. The predicted molar refractivity (Wildman–Crippen MR) is 96.7 cm³/mol. The van der Waals surface area contributed by atoms with Crippen molar-refractivity contribution in [1.29, 1.82) is 0 Å². The maximum Gasteiger partial charge on any atom is 0.255 e. The molecule has 1 atom stereocenters. The van der Waals surface area contributed by atoms with Crippen molar-refractivity contribution in [2.45, 2.75) is 19.9 Å². The number of aromatic nitrogens is 3. The Kier molecular flexibility index (Phi) is 4.38. The highest BCUT2D eigenvalue weighted by Crippen LogP contribution is 2.21. The topological polar surface area (TPSA) is 75.4 Å². The highest BCUT2D eigenvalue weighted by Gasteiger charge is 2.28. The normalized spacial score (nSPS) is 16.8. The van der Waals surface area contributed by atoms with E-state index in [0.29, 0.717) is 30.4 Å². The van der Waals surface area contributed by atoms with Crippen LogP contribution >= 0.6 is 0 Å². The standard InChI is InChI=1S/C19H21N5O2/c1-13(18-21-14(2)22-26-18)23-7-9-24(10-8-23)19(25)16-11-15-5-3-4-6-17(15)20-12-16/h3-6,11-13H,7-10H2,1-2H3. The lowest BCUT2D eigenvalue weighted by molar-refractivity contribution is 0.0551. The van der Waals surface area contributed by atoms with Crippen molar-refractivity contribution in [2.75, 3.05) is 26.2 Å². The number of benzene rings is 1. The summed E-state index contributed by atoms with van der Waals surface area (Å²) in [6, 6.07) is 9.80. The van der Waals surface area contributed by atoms with Gasteiger partial charge in [0.1, 0.15) is 0 Å². The molecule has 1 fully saturated rings. The van der Waals surface area contributed by atoms with Gasteiger partial charge in [0.2, 0.25) is 5.89 Å². The van der Waals surface area contributed by atoms with Gasteiger partial charge in [-0.3, -0.25) is 14.7 Å². The molecule has 0 spiro atoms. The first-order valence-electron chi connectivity index (χ1n) is 8.80. The number of aryl methyl sites for hydroxylation is 1. The maximum absolute atomic E-state index is 12.8. The number of amides is 1. The summed E-state index contributed by atoms with van der Waals surface area (Å²) >= 11 is 0. The van der Waals surface area contributed by atoms with Crippen LogP contribution in [0.4, 0.5) is 0 Å². The zero-order valence-electron chi connectivity index (χ0n) is 14.9. The van der Waals surface area contributed by atoms with E-state index < -0.39 is 0 Å². The number of nitrogens with zero attached hydrogens (tertiary/aromatic N) is 5. The number of fused-ring (bicyclic) bond motifs is 1. The molecule has 0 aliphatic carbocycles. The van der Waals surface area contributed by atoms with Gasteiger partial charge in [-0.25, -0.2) is 0 Å². The number of hydrogen-bond donors (Lipinski definition) is 0. The lowest BCUT2D eigenvalue weighted by Crippen LogP contribution is -2.49. The maximum atomic E-state index is 12.8. The Morgan fingerprint density at radius 1 is 1.19 bits per heavy atom. The summed E-state index contributed by atoms with van der Waals surface area (Å²) in [5.41, 5.74) is 1.54. The molecule has 0 bridgehead atoms. The molecule has 4 rings (SSSR count). The summed E-state index contributed by atoms with van der Waals surface area (Å²) < 4.78 is 5.27. The number of carbonyl (C=O) groups excluding carboxylic acids is 1. The first kappa shape index (κ1) is 16.7. The van der Waals surface area contributed by atoms with Gasteiger partial charge < -0.3 is 9.42 Å². The third kappa shape index (κ3) is 3.17. The van der Waals surface area contributed by atoms with Crippen LogP contribution in [0, 0.1) is 6.92 Å². The van der Waals surface area contributed by atoms with E-state index in [1.54, 1.807) is 6.20 Å². The number of rotatable bonds is 3. The molecule has 1 aromatic carbocycles. The minimum atomic E-state index is 0.0317. The molecular weight excluding hydrogens is 330 g/mol. The molecule has 7 nitrogen and oxygen atoms in total. The van der Waals surface area contributed by atoms with Gasteiger partial charge in [-0.2, -0.15) is 4.98 Å². The van der Waals surface area contributed by atoms with Crippen LogP contribution in [0.5, 0.6) is 0 Å². The van der Waals surface area contributed by atoms with Crippen LogP contribution < -0.4 is 0 Å². The summed E-state index contributed by atoms with van der Waals surface area (Å²) in [4.78, 5) is 25.7. The van der Waals surface area contributed by atoms with Crippen LogP contribution in [0.1, 0.15) is 35.0 Å². The second kappa shape index (κ2) is 6.84. The molecule has 1 aliphatic heterocycles.